The van der Waals surface area contributed by atoms with Gasteiger partial charge in [0.1, 0.15) is 5.82 Å². The van der Waals surface area contributed by atoms with E-state index in [1.807, 2.05) is 11.6 Å². The van der Waals surface area contributed by atoms with Gasteiger partial charge in [-0.2, -0.15) is 0 Å². The molecule has 0 saturated heterocycles. The first-order valence-corrected chi connectivity index (χ1v) is 5.69. The quantitative estimate of drug-likeness (QED) is 0.738. The smallest absolute Gasteiger partial charge is 0.146 e. The van der Waals surface area contributed by atoms with Crippen LogP contribution in [-0.2, 0) is 6.42 Å². The van der Waals surface area contributed by atoms with Crippen LogP contribution in [0.15, 0.2) is 23.7 Å². The van der Waals surface area contributed by atoms with Crippen LogP contribution in [0.5, 0.6) is 0 Å². The van der Waals surface area contributed by atoms with E-state index in [1.54, 1.807) is 17.4 Å². The summed E-state index contributed by atoms with van der Waals surface area (Å²) in [7, 11) is 0. The summed E-state index contributed by atoms with van der Waals surface area (Å²) >= 11 is 1.63. The summed E-state index contributed by atoms with van der Waals surface area (Å²) in [6.07, 6.45) is 0.911. The molecule has 0 aliphatic carbocycles. The van der Waals surface area contributed by atoms with Gasteiger partial charge in [0, 0.05) is 23.4 Å². The average molecular weight is 220 g/mol. The molecule has 0 spiro atoms. The minimum Gasteiger partial charge on any atom is -0.382 e. The van der Waals surface area contributed by atoms with Gasteiger partial charge in [-0.1, -0.05) is 12.1 Å². The lowest BCUT2D eigenvalue weighted by atomic mass is 10.1. The molecule has 2 heterocycles. The number of nitrogens with zero attached hydrogens (tertiary/aromatic N) is 1. The lowest BCUT2D eigenvalue weighted by Crippen LogP contribution is -2.03. The molecule has 0 radical (unpaired) electrons. The molecule has 4 heteroatoms. The number of halogens is 1. The number of para-hydroxylation sites is 1. The van der Waals surface area contributed by atoms with Crippen molar-refractivity contribution in [3.63, 3.8) is 0 Å². The largest absolute Gasteiger partial charge is 0.382 e. The lowest BCUT2D eigenvalue weighted by Gasteiger charge is -2.07. The number of aromatic nitrogens is 1. The molecule has 0 saturated carbocycles. The second kappa shape index (κ2) is 3.31. The zero-order valence-corrected chi connectivity index (χ0v) is 8.77. The lowest BCUT2D eigenvalue weighted by molar-refractivity contribution is 0.631. The fraction of sp³-hybridized carbons (Fsp3) is 0.182. The van der Waals surface area contributed by atoms with Crippen molar-refractivity contribution in [2.24, 2.45) is 0 Å². The molecular weight excluding hydrogens is 211 g/mol. The highest BCUT2D eigenvalue weighted by molar-refractivity contribution is 7.10. The minimum atomic E-state index is -0.201. The Kier molecular flexibility index (Phi) is 1.95. The first-order chi connectivity index (χ1) is 7.36. The summed E-state index contributed by atoms with van der Waals surface area (Å²) in [5, 5.41) is 3.12. The molecule has 1 aliphatic rings. The number of hydrogen-bond acceptors (Lipinski definition) is 3. The van der Waals surface area contributed by atoms with Crippen LogP contribution in [0, 0.1) is 5.82 Å². The van der Waals surface area contributed by atoms with Gasteiger partial charge in [-0.3, -0.25) is 0 Å². The van der Waals surface area contributed by atoms with E-state index in [1.165, 1.54) is 10.9 Å². The van der Waals surface area contributed by atoms with Crippen LogP contribution in [0.1, 0.15) is 4.88 Å². The molecule has 76 valence electrons. The van der Waals surface area contributed by atoms with Crippen molar-refractivity contribution >= 4 is 17.0 Å². The van der Waals surface area contributed by atoms with Crippen LogP contribution in [0.3, 0.4) is 0 Å². The van der Waals surface area contributed by atoms with E-state index in [0.29, 0.717) is 5.69 Å². The third-order valence-corrected chi connectivity index (χ3v) is 3.46. The molecule has 1 N–H and O–H groups in total. The van der Waals surface area contributed by atoms with Crippen LogP contribution < -0.4 is 5.32 Å². The van der Waals surface area contributed by atoms with Gasteiger partial charge in [0.15, 0.2) is 0 Å². The summed E-state index contributed by atoms with van der Waals surface area (Å²) in [5.41, 5.74) is 4.22. The number of anilines is 1. The van der Waals surface area contributed by atoms with Gasteiger partial charge >= 0.3 is 0 Å². The summed E-state index contributed by atoms with van der Waals surface area (Å²) in [6, 6.07) is 5.11. The summed E-state index contributed by atoms with van der Waals surface area (Å²) in [4.78, 5) is 5.54. The Morgan fingerprint density at radius 2 is 2.33 bits per heavy atom. The summed E-state index contributed by atoms with van der Waals surface area (Å²) < 4.78 is 13.6. The van der Waals surface area contributed by atoms with Crippen LogP contribution in [0.2, 0.25) is 0 Å². The highest BCUT2D eigenvalue weighted by Gasteiger charge is 2.18. The molecule has 0 amide bonds. The van der Waals surface area contributed by atoms with Gasteiger partial charge in [-0.25, -0.2) is 9.37 Å². The van der Waals surface area contributed by atoms with Crippen LogP contribution in [0.25, 0.3) is 11.3 Å². The Morgan fingerprint density at radius 3 is 3.27 bits per heavy atom. The molecule has 1 aromatic heterocycles. The monoisotopic (exact) mass is 220 g/mol. The molecule has 0 atom stereocenters. The third-order valence-electron chi connectivity index (χ3n) is 2.56. The molecule has 2 nitrogen and oxygen atoms in total. The zero-order valence-electron chi connectivity index (χ0n) is 7.96. The van der Waals surface area contributed by atoms with Crippen molar-refractivity contribution in [1.29, 1.82) is 0 Å². The minimum absolute atomic E-state index is 0.201. The van der Waals surface area contributed by atoms with E-state index >= 15 is 0 Å². The van der Waals surface area contributed by atoms with Gasteiger partial charge in [0.25, 0.3) is 0 Å². The first kappa shape index (κ1) is 8.85. The second-order valence-electron chi connectivity index (χ2n) is 3.46. The van der Waals surface area contributed by atoms with Crippen molar-refractivity contribution in [3.05, 3.63) is 34.4 Å². The van der Waals surface area contributed by atoms with Crippen LogP contribution in [-0.4, -0.2) is 11.5 Å². The van der Waals surface area contributed by atoms with E-state index in [4.69, 9.17) is 0 Å². The number of hydrogen-bond donors (Lipinski definition) is 1. The number of thiazole rings is 1. The molecule has 0 fully saturated rings. The number of fused-ring (bicyclic) bond motifs is 3. The highest BCUT2D eigenvalue weighted by atomic mass is 32.1. The van der Waals surface area contributed by atoms with Crippen molar-refractivity contribution in [2.75, 3.05) is 11.9 Å². The van der Waals surface area contributed by atoms with Crippen molar-refractivity contribution in [2.45, 2.75) is 6.42 Å². The van der Waals surface area contributed by atoms with Gasteiger partial charge < -0.3 is 5.32 Å². The maximum atomic E-state index is 13.6. The topological polar surface area (TPSA) is 24.9 Å². The average Bonchev–Trinajstić information content (AvgIpc) is 2.62. The Hall–Kier alpha value is -1.42. The highest BCUT2D eigenvalue weighted by Crippen LogP contribution is 2.35. The normalized spacial score (nSPS) is 13.7. The van der Waals surface area contributed by atoms with E-state index in [-0.39, 0.29) is 5.82 Å². The maximum absolute atomic E-state index is 13.6. The molecule has 3 rings (SSSR count). The zero-order chi connectivity index (χ0) is 10.3. The third kappa shape index (κ3) is 1.33. The molecule has 2 aromatic rings. The van der Waals surface area contributed by atoms with E-state index in [2.05, 4.69) is 10.3 Å². The maximum Gasteiger partial charge on any atom is 0.146 e. The first-order valence-electron chi connectivity index (χ1n) is 4.81. The Morgan fingerprint density at radius 1 is 1.40 bits per heavy atom. The van der Waals surface area contributed by atoms with Gasteiger partial charge in [0.2, 0.25) is 0 Å². The number of benzene rings is 1. The number of nitrogens with one attached hydrogen (secondary N) is 1. The van der Waals surface area contributed by atoms with Crippen molar-refractivity contribution in [3.8, 4) is 11.3 Å². The van der Waals surface area contributed by atoms with E-state index < -0.39 is 0 Å². The predicted octanol–water partition coefficient (Wildman–Crippen LogP) is 2.92. The standard InChI is InChI=1S/C11H9FN2S/c12-8-3-1-2-7-10(8)13-5-4-9-11(7)14-6-15-9/h1-3,6,13H,4-5H2. The van der Waals surface area contributed by atoms with Gasteiger partial charge in [0.05, 0.1) is 16.9 Å². The molecular formula is C11H9FN2S. The van der Waals surface area contributed by atoms with Gasteiger partial charge in [-0.15, -0.1) is 11.3 Å². The summed E-state index contributed by atoms with van der Waals surface area (Å²) in [6.45, 7) is 0.767. The van der Waals surface area contributed by atoms with Gasteiger partial charge in [-0.05, 0) is 6.07 Å². The number of rotatable bonds is 0. The Bertz CT molecular complexity index is 507. The Labute approximate surface area is 90.8 Å². The molecule has 15 heavy (non-hydrogen) atoms. The molecule has 0 bridgehead atoms. The fourth-order valence-corrected chi connectivity index (χ4v) is 2.65. The Balaban J connectivity index is 2.29. The van der Waals surface area contributed by atoms with Crippen LogP contribution >= 0.6 is 11.3 Å². The second-order valence-corrected chi connectivity index (χ2v) is 4.40. The van der Waals surface area contributed by atoms with E-state index in [0.717, 1.165) is 24.2 Å². The predicted molar refractivity (Wildman–Crippen MR) is 59.7 cm³/mol. The van der Waals surface area contributed by atoms with Crippen molar-refractivity contribution in [1.82, 2.24) is 4.98 Å². The molecule has 1 aliphatic heterocycles. The van der Waals surface area contributed by atoms with E-state index in [9.17, 15) is 4.39 Å². The van der Waals surface area contributed by atoms with Crippen LogP contribution in [0.4, 0.5) is 10.1 Å². The summed E-state index contributed by atoms with van der Waals surface area (Å²) in [5.74, 6) is -0.201. The SMILES string of the molecule is Fc1cccc2c1NCCc1scnc1-2. The molecule has 0 unspecified atom stereocenters. The fourth-order valence-electron chi connectivity index (χ4n) is 1.87. The van der Waals surface area contributed by atoms with Crippen molar-refractivity contribution < 1.29 is 4.39 Å². The molecule has 1 aromatic carbocycles.